The van der Waals surface area contributed by atoms with Crippen LogP contribution >= 0.6 is 0 Å². The molecular weight excluding hydrogens is 214 g/mol. The van der Waals surface area contributed by atoms with Gasteiger partial charge in [-0.25, -0.2) is 0 Å². The summed E-state index contributed by atoms with van der Waals surface area (Å²) in [6.07, 6.45) is 0.571. The van der Waals surface area contributed by atoms with Gasteiger partial charge in [-0.05, 0) is 12.8 Å². The molecule has 0 aromatic heterocycles. The van der Waals surface area contributed by atoms with Gasteiger partial charge in [0.15, 0.2) is 5.78 Å². The van der Waals surface area contributed by atoms with Gasteiger partial charge in [-0.15, -0.1) is 0 Å². The van der Waals surface area contributed by atoms with Crippen molar-refractivity contribution in [3.8, 4) is 0 Å². The first-order chi connectivity index (χ1) is 8.06. The molecule has 3 heteroatoms. The first kappa shape index (κ1) is 11.8. The lowest BCUT2D eigenvalue weighted by molar-refractivity contribution is -0.127. The summed E-state index contributed by atoms with van der Waals surface area (Å²) in [4.78, 5) is 25.2. The fourth-order valence-corrected chi connectivity index (χ4v) is 2.13. The summed E-state index contributed by atoms with van der Waals surface area (Å²) in [5, 5.41) is 0. The summed E-state index contributed by atoms with van der Waals surface area (Å²) >= 11 is 0. The number of hydrogen-bond acceptors (Lipinski definition) is 2. The second-order valence-electron chi connectivity index (χ2n) is 4.87. The lowest BCUT2D eigenvalue weighted by atomic mass is 10.1. The van der Waals surface area contributed by atoms with Crippen molar-refractivity contribution in [1.29, 1.82) is 0 Å². The van der Waals surface area contributed by atoms with Crippen LogP contribution in [0.2, 0.25) is 0 Å². The molecule has 2 rings (SSSR count). The summed E-state index contributed by atoms with van der Waals surface area (Å²) in [5.74, 6) is 0.485. The average molecular weight is 231 g/mol. The number of aryl methyl sites for hydroxylation is 1. The Morgan fingerprint density at radius 3 is 2.53 bits per heavy atom. The third kappa shape index (κ3) is 2.73. The predicted octanol–water partition coefficient (Wildman–Crippen LogP) is 2.05. The Bertz CT molecular complexity index is 436. The molecule has 0 radical (unpaired) electrons. The molecule has 0 bridgehead atoms. The van der Waals surface area contributed by atoms with E-state index in [1.54, 1.807) is 4.90 Å². The SMILES string of the molecule is Cc1ccc(C(=O)CN2CC(C)CC2=O)cc1. The molecule has 1 aliphatic rings. The topological polar surface area (TPSA) is 37.4 Å². The zero-order valence-corrected chi connectivity index (χ0v) is 10.3. The molecule has 1 atom stereocenters. The number of rotatable bonds is 3. The van der Waals surface area contributed by atoms with E-state index < -0.39 is 0 Å². The van der Waals surface area contributed by atoms with Crippen LogP contribution in [-0.2, 0) is 4.79 Å². The third-order valence-corrected chi connectivity index (χ3v) is 3.12. The number of benzene rings is 1. The number of ketones is 1. The zero-order valence-electron chi connectivity index (χ0n) is 10.3. The lowest BCUT2D eigenvalue weighted by Crippen LogP contribution is -2.31. The van der Waals surface area contributed by atoms with E-state index in [0.29, 0.717) is 24.4 Å². The normalized spacial score (nSPS) is 19.8. The van der Waals surface area contributed by atoms with Crippen molar-refractivity contribution in [2.24, 2.45) is 5.92 Å². The van der Waals surface area contributed by atoms with E-state index in [2.05, 4.69) is 0 Å². The van der Waals surface area contributed by atoms with Crippen molar-refractivity contribution in [3.63, 3.8) is 0 Å². The first-order valence-corrected chi connectivity index (χ1v) is 5.94. The fraction of sp³-hybridized carbons (Fsp3) is 0.429. The van der Waals surface area contributed by atoms with Crippen LogP contribution in [0.3, 0.4) is 0 Å². The first-order valence-electron chi connectivity index (χ1n) is 5.94. The van der Waals surface area contributed by atoms with Crippen molar-refractivity contribution >= 4 is 11.7 Å². The molecule has 1 unspecified atom stereocenters. The van der Waals surface area contributed by atoms with E-state index in [0.717, 1.165) is 5.56 Å². The molecular formula is C14H17NO2. The van der Waals surface area contributed by atoms with Gasteiger partial charge >= 0.3 is 0 Å². The largest absolute Gasteiger partial charge is 0.335 e. The highest BCUT2D eigenvalue weighted by atomic mass is 16.2. The Kier molecular flexibility index (Phi) is 3.27. The van der Waals surface area contributed by atoms with Gasteiger partial charge in [0.2, 0.25) is 5.91 Å². The Morgan fingerprint density at radius 2 is 2.00 bits per heavy atom. The van der Waals surface area contributed by atoms with Crippen molar-refractivity contribution in [2.75, 3.05) is 13.1 Å². The maximum atomic E-state index is 12.0. The second-order valence-corrected chi connectivity index (χ2v) is 4.87. The van der Waals surface area contributed by atoms with E-state index in [4.69, 9.17) is 0 Å². The summed E-state index contributed by atoms with van der Waals surface area (Å²) in [6.45, 7) is 4.94. The molecule has 17 heavy (non-hydrogen) atoms. The number of carbonyl (C=O) groups is 2. The summed E-state index contributed by atoms with van der Waals surface area (Å²) in [5.41, 5.74) is 1.82. The van der Waals surface area contributed by atoms with Gasteiger partial charge in [0.1, 0.15) is 0 Å². The van der Waals surface area contributed by atoms with E-state index in [1.165, 1.54) is 0 Å². The Balaban J connectivity index is 2.02. The van der Waals surface area contributed by atoms with E-state index >= 15 is 0 Å². The number of Topliss-reactive ketones (excluding diaryl/α,β-unsaturated/α-hetero) is 1. The maximum absolute atomic E-state index is 12.0. The molecule has 1 aromatic rings. The molecule has 1 aliphatic heterocycles. The van der Waals surface area contributed by atoms with Gasteiger partial charge in [-0.3, -0.25) is 9.59 Å². The quantitative estimate of drug-likeness (QED) is 0.747. The smallest absolute Gasteiger partial charge is 0.223 e. The molecule has 90 valence electrons. The van der Waals surface area contributed by atoms with Gasteiger partial charge in [0.05, 0.1) is 6.54 Å². The highest BCUT2D eigenvalue weighted by Gasteiger charge is 2.27. The van der Waals surface area contributed by atoms with Crippen LogP contribution in [0.15, 0.2) is 24.3 Å². The third-order valence-electron chi connectivity index (χ3n) is 3.12. The second kappa shape index (κ2) is 4.70. The Hall–Kier alpha value is -1.64. The van der Waals surface area contributed by atoms with Gasteiger partial charge in [-0.1, -0.05) is 36.8 Å². The minimum atomic E-state index is 0.0208. The van der Waals surface area contributed by atoms with Gasteiger partial charge < -0.3 is 4.90 Å². The molecule has 0 aliphatic carbocycles. The summed E-state index contributed by atoms with van der Waals surface area (Å²) in [7, 11) is 0. The zero-order chi connectivity index (χ0) is 12.4. The number of nitrogens with zero attached hydrogens (tertiary/aromatic N) is 1. The number of likely N-dealkylation sites (tertiary alicyclic amines) is 1. The highest BCUT2D eigenvalue weighted by Crippen LogP contribution is 2.17. The van der Waals surface area contributed by atoms with Crippen LogP contribution in [0.1, 0.15) is 29.3 Å². The van der Waals surface area contributed by atoms with Gasteiger partial charge in [0.25, 0.3) is 0 Å². The van der Waals surface area contributed by atoms with Crippen molar-refractivity contribution in [1.82, 2.24) is 4.90 Å². The lowest BCUT2D eigenvalue weighted by Gasteiger charge is -2.14. The standard InChI is InChI=1S/C14H17NO2/c1-10-3-5-12(6-4-10)13(16)9-15-8-11(2)7-14(15)17/h3-6,11H,7-9H2,1-2H3. The average Bonchev–Trinajstić information content (AvgIpc) is 2.58. The molecule has 1 amide bonds. The minimum absolute atomic E-state index is 0.0208. The molecule has 3 nitrogen and oxygen atoms in total. The molecule has 1 aromatic carbocycles. The number of hydrogen-bond donors (Lipinski definition) is 0. The van der Waals surface area contributed by atoms with Crippen molar-refractivity contribution < 1.29 is 9.59 Å². The predicted molar refractivity (Wildman–Crippen MR) is 65.9 cm³/mol. The van der Waals surface area contributed by atoms with Crippen molar-refractivity contribution in [3.05, 3.63) is 35.4 Å². The van der Waals surface area contributed by atoms with Crippen LogP contribution in [0.5, 0.6) is 0 Å². The van der Waals surface area contributed by atoms with Crippen LogP contribution in [0.25, 0.3) is 0 Å². The maximum Gasteiger partial charge on any atom is 0.223 e. The van der Waals surface area contributed by atoms with Crippen LogP contribution in [0.4, 0.5) is 0 Å². The van der Waals surface area contributed by atoms with Gasteiger partial charge in [0, 0.05) is 18.5 Å². The fourth-order valence-electron chi connectivity index (χ4n) is 2.13. The van der Waals surface area contributed by atoms with Crippen LogP contribution in [-0.4, -0.2) is 29.7 Å². The van der Waals surface area contributed by atoms with E-state index in [9.17, 15) is 9.59 Å². The number of carbonyl (C=O) groups excluding carboxylic acids is 2. The Labute approximate surface area is 101 Å². The van der Waals surface area contributed by atoms with Crippen LogP contribution in [0, 0.1) is 12.8 Å². The molecule has 1 heterocycles. The van der Waals surface area contributed by atoms with E-state index in [1.807, 2.05) is 38.1 Å². The molecule has 1 fully saturated rings. The molecule has 0 spiro atoms. The van der Waals surface area contributed by atoms with Crippen molar-refractivity contribution in [2.45, 2.75) is 20.3 Å². The minimum Gasteiger partial charge on any atom is -0.335 e. The summed E-state index contributed by atoms with van der Waals surface area (Å²) < 4.78 is 0. The molecule has 0 N–H and O–H groups in total. The Morgan fingerprint density at radius 1 is 1.35 bits per heavy atom. The number of amides is 1. The summed E-state index contributed by atoms with van der Waals surface area (Å²) in [6, 6.07) is 7.48. The van der Waals surface area contributed by atoms with Gasteiger partial charge in [-0.2, -0.15) is 0 Å². The monoisotopic (exact) mass is 231 g/mol. The highest BCUT2D eigenvalue weighted by molar-refractivity contribution is 5.99. The molecule has 0 saturated carbocycles. The van der Waals surface area contributed by atoms with E-state index in [-0.39, 0.29) is 18.2 Å². The molecule has 1 saturated heterocycles. The van der Waals surface area contributed by atoms with Crippen LogP contribution < -0.4 is 0 Å².